The van der Waals surface area contributed by atoms with Gasteiger partial charge in [0, 0.05) is 18.5 Å². The summed E-state index contributed by atoms with van der Waals surface area (Å²) in [7, 11) is 0. The molecule has 1 aliphatic heterocycles. The van der Waals surface area contributed by atoms with E-state index in [2.05, 4.69) is 60.2 Å². The molecule has 8 amide bonds. The van der Waals surface area contributed by atoms with Crippen LogP contribution in [0.25, 0.3) is 0 Å². The first-order valence-electron chi connectivity index (χ1n) is 22.8. The maximum atomic E-state index is 14.0. The van der Waals surface area contributed by atoms with Gasteiger partial charge in [0.25, 0.3) is 0 Å². The third-order valence-electron chi connectivity index (χ3n) is 10.9. The Labute approximate surface area is 412 Å². The zero-order valence-corrected chi connectivity index (χ0v) is 41.7. The van der Waals surface area contributed by atoms with Gasteiger partial charge in [0.15, 0.2) is 0 Å². The Morgan fingerprint density at radius 1 is 0.710 bits per heavy atom. The fraction of sp³-hybridized carbons (Fsp3) is 0.622. The molecule has 24 heteroatoms. The van der Waals surface area contributed by atoms with Gasteiger partial charge in [0.05, 0.1) is 12.5 Å². The van der Waals surface area contributed by atoms with Gasteiger partial charge in [-0.1, -0.05) is 51.1 Å². The molecule has 69 heavy (non-hydrogen) atoms. The number of thioether (sulfide) groups is 1. The minimum Gasteiger partial charge on any atom is -0.481 e. The number of nitrogens with one attached hydrogen (secondary N) is 8. The number of amides is 8. The predicted molar refractivity (Wildman–Crippen MR) is 262 cm³/mol. The molecule has 1 aromatic rings. The third-order valence-corrected chi connectivity index (χ3v) is 11.9. The molecule has 0 aromatic heterocycles. The average Bonchev–Trinajstić information content (AvgIpc) is 3.73. The summed E-state index contributed by atoms with van der Waals surface area (Å²) in [6.45, 7) is 8.18. The van der Waals surface area contributed by atoms with Crippen LogP contribution >= 0.6 is 24.4 Å². The van der Waals surface area contributed by atoms with Gasteiger partial charge in [0.1, 0.15) is 48.3 Å². The van der Waals surface area contributed by atoms with Crippen LogP contribution < -0.4 is 48.3 Å². The van der Waals surface area contributed by atoms with Crippen molar-refractivity contribution in [2.45, 2.75) is 140 Å². The van der Waals surface area contributed by atoms with Gasteiger partial charge in [0.2, 0.25) is 47.3 Å². The molecule has 0 unspecified atom stereocenters. The van der Waals surface area contributed by atoms with E-state index in [-0.39, 0.29) is 55.7 Å². The topological polar surface area (TPSA) is 346 Å². The SMILES string of the molecule is CSCC[C@H](NC(=O)[C@@H](N)Cc1ccccc1)C(=O)N[C@@H](CCCCNC(=O)[C@@H]1N=CC[C@H]1C)C(=O)N[C@@H](CS)C(=O)N[C@@H](CC(=O)O)C(=O)N[C@@H](C)C(=O)N[C@@H](CC(C)C)C(=O)N[C@@H](C)C(=O)O. The summed E-state index contributed by atoms with van der Waals surface area (Å²) in [5, 5.41) is 38.9. The lowest BCUT2D eigenvalue weighted by Gasteiger charge is -2.27. The molecule has 1 aromatic carbocycles. The second-order valence-electron chi connectivity index (χ2n) is 17.4. The van der Waals surface area contributed by atoms with Gasteiger partial charge in [-0.3, -0.25) is 52.9 Å². The van der Waals surface area contributed by atoms with E-state index in [9.17, 15) is 58.2 Å². The van der Waals surface area contributed by atoms with Crippen LogP contribution in [-0.2, 0) is 54.4 Å². The van der Waals surface area contributed by atoms with Gasteiger partial charge in [-0.05, 0) is 88.2 Å². The van der Waals surface area contributed by atoms with Gasteiger partial charge >= 0.3 is 11.9 Å². The highest BCUT2D eigenvalue weighted by atomic mass is 32.2. The summed E-state index contributed by atoms with van der Waals surface area (Å²) >= 11 is 5.64. The normalized spacial score (nSPS) is 17.6. The van der Waals surface area contributed by atoms with Gasteiger partial charge < -0.3 is 58.5 Å². The molecule has 2 rings (SSSR count). The number of carboxylic acid groups (broad SMARTS) is 2. The van der Waals surface area contributed by atoms with E-state index in [0.29, 0.717) is 25.0 Å². The first-order valence-corrected chi connectivity index (χ1v) is 24.9. The molecule has 0 bridgehead atoms. The van der Waals surface area contributed by atoms with Crippen LogP contribution in [0.15, 0.2) is 35.3 Å². The Morgan fingerprint density at radius 3 is 1.81 bits per heavy atom. The number of benzene rings is 1. The predicted octanol–water partition coefficient (Wildman–Crippen LogP) is -0.956. The summed E-state index contributed by atoms with van der Waals surface area (Å²) in [6, 6.07) is -1.97. The van der Waals surface area contributed by atoms with Crippen LogP contribution in [0, 0.1) is 11.8 Å². The Bertz CT molecular complexity index is 1960. The number of thiol groups is 1. The molecule has 0 aliphatic carbocycles. The fourth-order valence-electron chi connectivity index (χ4n) is 6.89. The third kappa shape index (κ3) is 21.6. The molecule has 22 nitrogen and oxygen atoms in total. The molecular weight excluding hydrogens is 937 g/mol. The van der Waals surface area contributed by atoms with E-state index in [0.717, 1.165) is 5.56 Å². The number of aliphatic carboxylic acids is 2. The number of nitrogens with zero attached hydrogens (tertiary/aromatic N) is 1. The number of unbranched alkanes of at least 4 members (excludes halogenated alkanes) is 1. The van der Waals surface area contributed by atoms with Crippen LogP contribution in [0.2, 0.25) is 0 Å². The molecule has 1 heterocycles. The van der Waals surface area contributed by atoms with Crippen molar-refractivity contribution in [3.63, 3.8) is 0 Å². The summed E-state index contributed by atoms with van der Waals surface area (Å²) in [4.78, 5) is 134. The number of rotatable bonds is 31. The standard InChI is InChI=1S/C45H70N10O12S2/c1-24(2)20-32(41(62)50-27(5)45(66)67)53-37(58)26(4)49-42(63)33(22-35(56)57)54-43(64)34(23-68)55-39(60)30(14-10-11-17-48-44(65)36-25(3)15-18-47-36)52-40(61)31(16-19-69-6)51-38(59)29(46)21-28-12-8-7-9-13-28/h7-9,12-13,18,24-27,29-34,36,68H,10-11,14-17,19-23,46H2,1-6H3,(H,48,65)(H,49,63)(H,50,62)(H,51,59)(H,52,61)(H,53,58)(H,54,64)(H,55,60)(H,56,57)(H,66,67)/t25-,26+,27+,29+,30+,31+,32+,33+,34+,36-/m1/s1. The van der Waals surface area contributed by atoms with Crippen molar-refractivity contribution < 1.29 is 58.2 Å². The van der Waals surface area contributed by atoms with Crippen LogP contribution in [0.1, 0.15) is 85.1 Å². The Balaban J connectivity index is 2.25. The van der Waals surface area contributed by atoms with Crippen molar-refractivity contribution in [1.29, 1.82) is 0 Å². The lowest BCUT2D eigenvalue weighted by Crippen LogP contribution is -2.60. The second-order valence-corrected chi connectivity index (χ2v) is 18.7. The molecule has 0 saturated carbocycles. The first kappa shape index (κ1) is 59.4. The fourth-order valence-corrected chi connectivity index (χ4v) is 7.62. The Hall–Kier alpha value is -5.75. The number of aliphatic imine (C=N–C) groups is 1. The number of hydrogen-bond acceptors (Lipinski definition) is 14. The number of hydrogen-bond donors (Lipinski definition) is 12. The average molecular weight is 1010 g/mol. The van der Waals surface area contributed by atoms with E-state index in [1.54, 1.807) is 32.2 Å². The van der Waals surface area contributed by atoms with Gasteiger partial charge in [-0.2, -0.15) is 24.4 Å². The molecule has 0 spiro atoms. The molecular formula is C45H70N10O12S2. The summed E-state index contributed by atoms with van der Waals surface area (Å²) in [5.74, 6) is -8.98. The minimum atomic E-state index is -1.78. The van der Waals surface area contributed by atoms with E-state index in [1.807, 2.05) is 31.4 Å². The van der Waals surface area contributed by atoms with Crippen molar-refractivity contribution in [3.8, 4) is 0 Å². The Morgan fingerprint density at radius 2 is 1.25 bits per heavy atom. The zero-order chi connectivity index (χ0) is 51.8. The largest absolute Gasteiger partial charge is 0.481 e. The minimum absolute atomic E-state index is 0.00528. The first-order chi connectivity index (χ1) is 32.6. The lowest BCUT2D eigenvalue weighted by molar-refractivity contribution is -0.142. The smallest absolute Gasteiger partial charge is 0.325 e. The highest BCUT2D eigenvalue weighted by Crippen LogP contribution is 2.17. The summed E-state index contributed by atoms with van der Waals surface area (Å²) in [5.41, 5.74) is 7.02. The highest BCUT2D eigenvalue weighted by Gasteiger charge is 2.34. The number of carboxylic acids is 2. The number of nitrogens with two attached hydrogens (primary N) is 1. The molecule has 0 saturated heterocycles. The van der Waals surface area contributed by atoms with E-state index < -0.39 is 114 Å². The van der Waals surface area contributed by atoms with Crippen molar-refractivity contribution in [2.75, 3.05) is 24.3 Å². The molecule has 0 radical (unpaired) electrons. The number of carbonyl (C=O) groups excluding carboxylic acids is 8. The van der Waals surface area contributed by atoms with Crippen LogP contribution in [-0.4, -0.2) is 154 Å². The second kappa shape index (κ2) is 30.7. The molecule has 10 atom stereocenters. The van der Waals surface area contributed by atoms with E-state index in [4.69, 9.17) is 5.73 Å². The van der Waals surface area contributed by atoms with Gasteiger partial charge in [-0.25, -0.2) is 0 Å². The van der Waals surface area contributed by atoms with E-state index >= 15 is 0 Å². The molecule has 12 N–H and O–H groups in total. The highest BCUT2D eigenvalue weighted by molar-refractivity contribution is 7.98. The van der Waals surface area contributed by atoms with Crippen LogP contribution in [0.5, 0.6) is 0 Å². The monoisotopic (exact) mass is 1010 g/mol. The molecule has 0 fully saturated rings. The maximum absolute atomic E-state index is 14.0. The Kier molecular flexibility index (Phi) is 26.4. The van der Waals surface area contributed by atoms with Crippen molar-refractivity contribution in [1.82, 2.24) is 42.5 Å². The summed E-state index contributed by atoms with van der Waals surface area (Å²) in [6.07, 6.45) is 4.41. The number of carbonyl (C=O) groups is 10. The molecule has 1 aliphatic rings. The van der Waals surface area contributed by atoms with Crippen LogP contribution in [0.4, 0.5) is 0 Å². The zero-order valence-electron chi connectivity index (χ0n) is 40.0. The maximum Gasteiger partial charge on any atom is 0.325 e. The van der Waals surface area contributed by atoms with Gasteiger partial charge in [-0.15, -0.1) is 0 Å². The summed E-state index contributed by atoms with van der Waals surface area (Å²) < 4.78 is 0. The quantitative estimate of drug-likeness (QED) is 0.0315. The van der Waals surface area contributed by atoms with Crippen molar-refractivity contribution in [2.24, 2.45) is 22.6 Å². The lowest BCUT2D eigenvalue weighted by atomic mass is 10.0. The van der Waals surface area contributed by atoms with Crippen LogP contribution in [0.3, 0.4) is 0 Å². The van der Waals surface area contributed by atoms with E-state index in [1.165, 1.54) is 25.6 Å². The van der Waals surface area contributed by atoms with Crippen molar-refractivity contribution >= 4 is 89.8 Å². The van der Waals surface area contributed by atoms with Crippen molar-refractivity contribution in [3.05, 3.63) is 35.9 Å². The molecule has 384 valence electrons.